The van der Waals surface area contributed by atoms with Gasteiger partial charge in [-0.3, -0.25) is 5.73 Å². The van der Waals surface area contributed by atoms with E-state index < -0.39 is 23.6 Å². The first kappa shape index (κ1) is 13.4. The molecule has 0 aromatic rings. The topological polar surface area (TPSA) is 76.8 Å². The minimum Gasteiger partial charge on any atom is -0.383 e. The van der Waals surface area contributed by atoms with Gasteiger partial charge in [0.05, 0.1) is 6.42 Å². The normalized spacial score (nSPS) is 32.2. The van der Waals surface area contributed by atoms with Crippen molar-refractivity contribution in [3.63, 3.8) is 0 Å². The maximum atomic E-state index is 12.6. The molecule has 0 aromatic carbocycles. The third kappa shape index (κ3) is 2.26. The Morgan fingerprint density at radius 2 is 2.00 bits per heavy atom. The van der Waals surface area contributed by atoms with Gasteiger partial charge in [-0.05, 0) is 19.4 Å². The molecule has 0 saturated heterocycles. The number of aliphatic imine (C=N–C) groups is 2. The summed E-state index contributed by atoms with van der Waals surface area (Å²) in [5, 5.41) is 0.458. The summed E-state index contributed by atoms with van der Waals surface area (Å²) >= 11 is 1.05. The predicted molar refractivity (Wildman–Crippen MR) is 66.4 cm³/mol. The molecule has 2 rings (SSSR count). The van der Waals surface area contributed by atoms with Gasteiger partial charge >= 0.3 is 6.18 Å². The van der Waals surface area contributed by atoms with Crippen molar-refractivity contribution in [3.8, 4) is 0 Å². The van der Waals surface area contributed by atoms with Crippen LogP contribution in [-0.4, -0.2) is 28.1 Å². The number of halogens is 3. The van der Waals surface area contributed by atoms with Crippen LogP contribution in [0, 0.1) is 0 Å². The van der Waals surface area contributed by atoms with E-state index in [1.807, 2.05) is 0 Å². The first-order valence-electron chi connectivity index (χ1n) is 5.27. The van der Waals surface area contributed by atoms with Gasteiger partial charge in [-0.2, -0.15) is 13.2 Å². The maximum absolute atomic E-state index is 12.6. The van der Waals surface area contributed by atoms with Gasteiger partial charge in [0.15, 0.2) is 6.29 Å². The lowest BCUT2D eigenvalue weighted by molar-refractivity contribution is -0.137. The van der Waals surface area contributed by atoms with E-state index in [1.54, 1.807) is 6.92 Å². The van der Waals surface area contributed by atoms with Crippen LogP contribution >= 0.6 is 11.8 Å². The van der Waals surface area contributed by atoms with Crippen LogP contribution in [0.5, 0.6) is 0 Å². The van der Waals surface area contributed by atoms with Crippen molar-refractivity contribution >= 4 is 22.6 Å². The van der Waals surface area contributed by atoms with Crippen LogP contribution in [0.3, 0.4) is 0 Å². The molecule has 4 N–H and O–H groups in total. The van der Waals surface area contributed by atoms with Crippen molar-refractivity contribution in [2.75, 3.05) is 0 Å². The number of nitrogens with two attached hydrogens (primary N) is 2. The summed E-state index contributed by atoms with van der Waals surface area (Å²) in [7, 11) is 0. The Morgan fingerprint density at radius 3 is 2.56 bits per heavy atom. The van der Waals surface area contributed by atoms with E-state index in [0.29, 0.717) is 16.2 Å². The number of alkyl halides is 3. The van der Waals surface area contributed by atoms with E-state index in [4.69, 9.17) is 11.5 Å². The van der Waals surface area contributed by atoms with Crippen molar-refractivity contribution in [1.82, 2.24) is 0 Å². The minimum atomic E-state index is -4.24. The Balaban J connectivity index is 2.42. The summed E-state index contributed by atoms with van der Waals surface area (Å²) in [4.78, 5) is 7.91. The molecule has 0 aromatic heterocycles. The van der Waals surface area contributed by atoms with Gasteiger partial charge in [0.1, 0.15) is 10.9 Å². The van der Waals surface area contributed by atoms with Crippen molar-refractivity contribution < 1.29 is 13.2 Å². The van der Waals surface area contributed by atoms with Gasteiger partial charge in [-0.15, -0.1) is 0 Å². The molecule has 2 aliphatic rings. The average molecular weight is 278 g/mol. The number of hydrogen-bond donors (Lipinski definition) is 2. The van der Waals surface area contributed by atoms with Crippen LogP contribution in [-0.2, 0) is 0 Å². The molecule has 0 fully saturated rings. The average Bonchev–Trinajstić information content (AvgIpc) is 2.34. The third-order valence-electron chi connectivity index (χ3n) is 3.02. The van der Waals surface area contributed by atoms with E-state index in [1.165, 1.54) is 6.92 Å². The predicted octanol–water partition coefficient (Wildman–Crippen LogP) is 1.77. The number of amidine groups is 1. The second-order valence-corrected chi connectivity index (χ2v) is 5.98. The molecule has 0 bridgehead atoms. The van der Waals surface area contributed by atoms with Crippen LogP contribution in [0.1, 0.15) is 20.3 Å². The Hall–Kier alpha value is -1.02. The summed E-state index contributed by atoms with van der Waals surface area (Å²) in [6.45, 7) is 3.17. The van der Waals surface area contributed by atoms with Crippen LogP contribution in [0.15, 0.2) is 21.1 Å². The number of hydrogen-bond acceptors (Lipinski definition) is 5. The van der Waals surface area contributed by atoms with Crippen molar-refractivity contribution in [1.29, 1.82) is 0 Å². The molecule has 0 saturated carbocycles. The Bertz CT molecular complexity index is 480. The molecule has 18 heavy (non-hydrogen) atoms. The summed E-state index contributed by atoms with van der Waals surface area (Å²) in [6, 6.07) is 0. The molecular formula is C10H13F3N4S. The van der Waals surface area contributed by atoms with Crippen molar-refractivity contribution in [2.24, 2.45) is 21.5 Å². The molecule has 100 valence electrons. The highest BCUT2D eigenvalue weighted by Gasteiger charge is 2.48. The Morgan fingerprint density at radius 1 is 1.39 bits per heavy atom. The smallest absolute Gasteiger partial charge is 0.383 e. The first-order valence-corrected chi connectivity index (χ1v) is 6.08. The molecular weight excluding hydrogens is 265 g/mol. The van der Waals surface area contributed by atoms with Crippen LogP contribution in [0.2, 0.25) is 0 Å². The summed E-state index contributed by atoms with van der Waals surface area (Å²) in [5.41, 5.74) is 12.3. The van der Waals surface area contributed by atoms with Crippen molar-refractivity contribution in [2.45, 2.75) is 37.5 Å². The molecule has 2 heterocycles. The lowest BCUT2D eigenvalue weighted by Gasteiger charge is -2.25. The minimum absolute atomic E-state index is 0.170. The molecule has 2 aliphatic heterocycles. The zero-order valence-corrected chi connectivity index (χ0v) is 10.7. The van der Waals surface area contributed by atoms with Gasteiger partial charge in [0.25, 0.3) is 0 Å². The summed E-state index contributed by atoms with van der Waals surface area (Å²) in [5.74, 6) is 0.170. The molecule has 2 unspecified atom stereocenters. The SMILES string of the molecule is CC1=C2C(N)=NC(N)N=C2SC1(C)CC(F)(F)F. The van der Waals surface area contributed by atoms with Gasteiger partial charge in [0, 0.05) is 10.3 Å². The first-order chi connectivity index (χ1) is 8.12. The fourth-order valence-corrected chi connectivity index (χ4v) is 3.50. The van der Waals surface area contributed by atoms with E-state index in [-0.39, 0.29) is 5.84 Å². The molecule has 4 nitrogen and oxygen atoms in total. The quantitative estimate of drug-likeness (QED) is 0.767. The largest absolute Gasteiger partial charge is 0.390 e. The molecule has 0 aliphatic carbocycles. The molecule has 2 atom stereocenters. The van der Waals surface area contributed by atoms with E-state index in [2.05, 4.69) is 9.98 Å². The van der Waals surface area contributed by atoms with Gasteiger partial charge < -0.3 is 5.73 Å². The monoisotopic (exact) mass is 278 g/mol. The van der Waals surface area contributed by atoms with Gasteiger partial charge in [-0.1, -0.05) is 11.8 Å². The third-order valence-corrected chi connectivity index (χ3v) is 4.42. The highest BCUT2D eigenvalue weighted by atomic mass is 32.2. The second-order valence-electron chi connectivity index (χ2n) is 4.49. The number of fused-ring (bicyclic) bond motifs is 1. The zero-order valence-electron chi connectivity index (χ0n) is 9.88. The maximum Gasteiger partial charge on any atom is 0.390 e. The molecule has 0 spiro atoms. The van der Waals surface area contributed by atoms with Crippen LogP contribution < -0.4 is 11.5 Å². The van der Waals surface area contributed by atoms with E-state index >= 15 is 0 Å². The molecule has 8 heteroatoms. The van der Waals surface area contributed by atoms with Crippen LogP contribution in [0.4, 0.5) is 13.2 Å². The fourth-order valence-electron chi connectivity index (χ4n) is 2.07. The number of nitrogens with zero attached hydrogens (tertiary/aromatic N) is 2. The van der Waals surface area contributed by atoms with E-state index in [9.17, 15) is 13.2 Å². The highest BCUT2D eigenvalue weighted by Crippen LogP contribution is 2.50. The Labute approximate surface area is 106 Å². The summed E-state index contributed by atoms with van der Waals surface area (Å²) < 4.78 is 36.8. The Kier molecular flexibility index (Phi) is 2.97. The lowest BCUT2D eigenvalue weighted by Crippen LogP contribution is -2.30. The standard InChI is InChI=1S/C10H13F3N4S/c1-4-5-6(14)16-8(15)17-7(5)18-9(4,2)3-10(11,12)13/h8H,3,15H2,1-2H3,(H2,14,16). The molecule has 0 radical (unpaired) electrons. The highest BCUT2D eigenvalue weighted by molar-refractivity contribution is 8.16. The van der Waals surface area contributed by atoms with Crippen molar-refractivity contribution in [3.05, 3.63) is 11.1 Å². The summed E-state index contributed by atoms with van der Waals surface area (Å²) in [6.07, 6.45) is -6.00. The number of thioether (sulfide) groups is 1. The zero-order chi connectivity index (χ0) is 13.7. The molecule has 0 amide bonds. The fraction of sp³-hybridized carbons (Fsp3) is 0.600. The lowest BCUT2D eigenvalue weighted by atomic mass is 9.93. The number of rotatable bonds is 1. The van der Waals surface area contributed by atoms with Crippen LogP contribution in [0.25, 0.3) is 0 Å². The van der Waals surface area contributed by atoms with Gasteiger partial charge in [0.2, 0.25) is 0 Å². The van der Waals surface area contributed by atoms with Gasteiger partial charge in [-0.25, -0.2) is 9.98 Å². The second kappa shape index (κ2) is 3.99. The van der Waals surface area contributed by atoms with E-state index in [0.717, 1.165) is 11.8 Å².